The summed E-state index contributed by atoms with van der Waals surface area (Å²) >= 11 is 0. The van der Waals surface area contributed by atoms with Gasteiger partial charge < -0.3 is 20.2 Å². The highest BCUT2D eigenvalue weighted by Crippen LogP contribution is 2.36. The monoisotopic (exact) mass is 448 g/mol. The maximum Gasteiger partial charge on any atom is 0.418 e. The first-order chi connectivity index (χ1) is 15.2. The Morgan fingerprint density at radius 1 is 1.19 bits per heavy atom. The van der Waals surface area contributed by atoms with Gasteiger partial charge in [0.05, 0.1) is 23.2 Å². The smallest absolute Gasteiger partial charge is 0.418 e. The van der Waals surface area contributed by atoms with E-state index < -0.39 is 34.5 Å². The molecule has 9 heteroatoms. The summed E-state index contributed by atoms with van der Waals surface area (Å²) in [6.45, 7) is 3.68. The van der Waals surface area contributed by atoms with Crippen molar-refractivity contribution in [2.24, 2.45) is 5.73 Å². The van der Waals surface area contributed by atoms with Crippen molar-refractivity contribution in [3.63, 3.8) is 0 Å². The van der Waals surface area contributed by atoms with Crippen molar-refractivity contribution in [3.05, 3.63) is 69.1 Å². The minimum absolute atomic E-state index is 0.0265. The number of hydrogen-bond acceptors (Lipinski definition) is 5. The Kier molecular flexibility index (Phi) is 6.88. The molecule has 0 bridgehead atoms. The predicted octanol–water partition coefficient (Wildman–Crippen LogP) is 4.87. The summed E-state index contributed by atoms with van der Waals surface area (Å²) in [6.07, 6.45) is -3.30. The van der Waals surface area contributed by atoms with E-state index in [1.807, 2.05) is 6.92 Å². The minimum atomic E-state index is -4.74. The number of ether oxygens (including phenoxy) is 1. The van der Waals surface area contributed by atoms with Gasteiger partial charge >= 0.3 is 11.8 Å². The largest absolute Gasteiger partial charge is 0.492 e. The first-order valence-electron chi connectivity index (χ1n) is 10.1. The number of halogens is 3. The standard InChI is InChI=1S/C23H23F3N2O4/c1-3-6-14-7-5-8-15-19(14)32-22(30)18(20(15)31-4-2)21(29)28-17-10-9-13(12-27)11-16(17)23(24,25)26/h5,7-11H,3-4,6,12,27H2,1-2H3,(H,28,29). The van der Waals surface area contributed by atoms with Gasteiger partial charge in [0.15, 0.2) is 5.56 Å². The van der Waals surface area contributed by atoms with Crippen molar-refractivity contribution >= 4 is 22.6 Å². The lowest BCUT2D eigenvalue weighted by molar-refractivity contribution is -0.137. The average Bonchev–Trinajstić information content (AvgIpc) is 2.74. The Morgan fingerprint density at radius 3 is 2.56 bits per heavy atom. The molecule has 3 N–H and O–H groups in total. The summed E-state index contributed by atoms with van der Waals surface area (Å²) in [4.78, 5) is 25.7. The van der Waals surface area contributed by atoms with Crippen LogP contribution in [0.1, 0.15) is 47.3 Å². The van der Waals surface area contributed by atoms with Gasteiger partial charge in [-0.2, -0.15) is 13.2 Å². The fourth-order valence-corrected chi connectivity index (χ4v) is 3.46. The number of alkyl halides is 3. The number of para-hydroxylation sites is 1. The summed E-state index contributed by atoms with van der Waals surface area (Å²) in [5.74, 6) is -1.09. The Bertz CT molecular complexity index is 1200. The van der Waals surface area contributed by atoms with E-state index >= 15 is 0 Å². The predicted molar refractivity (Wildman–Crippen MR) is 115 cm³/mol. The number of aryl methyl sites for hydroxylation is 1. The van der Waals surface area contributed by atoms with Crippen molar-refractivity contribution in [2.45, 2.75) is 39.4 Å². The number of amides is 1. The molecule has 0 aliphatic rings. The zero-order valence-electron chi connectivity index (χ0n) is 17.6. The number of anilines is 1. The molecule has 3 rings (SSSR count). The first kappa shape index (κ1) is 23.3. The van der Waals surface area contributed by atoms with Crippen LogP contribution in [0.25, 0.3) is 11.0 Å². The molecule has 0 aliphatic heterocycles. The number of carbonyl (C=O) groups excluding carboxylic acids is 1. The van der Waals surface area contributed by atoms with Gasteiger partial charge in [0.2, 0.25) is 0 Å². The van der Waals surface area contributed by atoms with Crippen molar-refractivity contribution in [2.75, 3.05) is 11.9 Å². The number of benzene rings is 2. The van der Waals surface area contributed by atoms with Gasteiger partial charge in [-0.1, -0.05) is 31.5 Å². The van der Waals surface area contributed by atoms with Crippen LogP contribution >= 0.6 is 0 Å². The van der Waals surface area contributed by atoms with Crippen LogP contribution in [0.2, 0.25) is 0 Å². The van der Waals surface area contributed by atoms with Gasteiger partial charge in [0.25, 0.3) is 5.91 Å². The number of nitrogens with two attached hydrogens (primary N) is 1. The number of nitrogens with one attached hydrogen (secondary N) is 1. The van der Waals surface area contributed by atoms with Crippen LogP contribution in [-0.2, 0) is 19.1 Å². The summed E-state index contributed by atoms with van der Waals surface area (Å²) in [5.41, 5.74) is 3.70. The van der Waals surface area contributed by atoms with Crippen LogP contribution < -0.4 is 21.4 Å². The summed E-state index contributed by atoms with van der Waals surface area (Å²) in [5, 5.41) is 2.59. The maximum absolute atomic E-state index is 13.5. The van der Waals surface area contributed by atoms with Crippen LogP contribution in [0.5, 0.6) is 5.75 Å². The molecule has 0 radical (unpaired) electrons. The lowest BCUT2D eigenvalue weighted by Gasteiger charge is -2.16. The molecule has 0 atom stereocenters. The number of carbonyl (C=O) groups is 1. The fraction of sp³-hybridized carbons (Fsp3) is 0.304. The summed E-state index contributed by atoms with van der Waals surface area (Å²) in [7, 11) is 0. The lowest BCUT2D eigenvalue weighted by atomic mass is 10.0. The fourth-order valence-electron chi connectivity index (χ4n) is 3.46. The molecule has 32 heavy (non-hydrogen) atoms. The zero-order chi connectivity index (χ0) is 23.5. The van der Waals surface area contributed by atoms with E-state index in [9.17, 15) is 22.8 Å². The molecule has 0 spiro atoms. The van der Waals surface area contributed by atoms with Crippen molar-refractivity contribution in [3.8, 4) is 5.75 Å². The van der Waals surface area contributed by atoms with Crippen LogP contribution in [0.4, 0.5) is 18.9 Å². The number of hydrogen-bond donors (Lipinski definition) is 2. The Labute approximate surface area is 182 Å². The number of rotatable bonds is 7. The maximum atomic E-state index is 13.5. The molecule has 1 amide bonds. The minimum Gasteiger partial charge on any atom is -0.492 e. The van der Waals surface area contributed by atoms with Gasteiger partial charge in [-0.05, 0) is 42.7 Å². The first-order valence-corrected chi connectivity index (χ1v) is 10.1. The molecule has 0 saturated carbocycles. The van der Waals surface area contributed by atoms with Crippen LogP contribution in [0, 0.1) is 0 Å². The van der Waals surface area contributed by atoms with Crippen LogP contribution in [0.3, 0.4) is 0 Å². The molecular formula is C23H23F3N2O4. The molecule has 1 aromatic heterocycles. The van der Waals surface area contributed by atoms with E-state index in [1.165, 1.54) is 6.07 Å². The van der Waals surface area contributed by atoms with E-state index in [4.69, 9.17) is 14.9 Å². The molecule has 170 valence electrons. The topological polar surface area (TPSA) is 94.6 Å². The Hall–Kier alpha value is -3.33. The van der Waals surface area contributed by atoms with Gasteiger partial charge in [-0.3, -0.25) is 4.79 Å². The van der Waals surface area contributed by atoms with E-state index in [-0.39, 0.29) is 24.5 Å². The molecule has 6 nitrogen and oxygen atoms in total. The third-order valence-corrected chi connectivity index (χ3v) is 4.88. The highest BCUT2D eigenvalue weighted by atomic mass is 19.4. The van der Waals surface area contributed by atoms with Gasteiger partial charge in [-0.25, -0.2) is 4.79 Å². The Morgan fingerprint density at radius 2 is 1.94 bits per heavy atom. The zero-order valence-corrected chi connectivity index (χ0v) is 17.6. The average molecular weight is 448 g/mol. The van der Waals surface area contributed by atoms with Crippen molar-refractivity contribution in [1.29, 1.82) is 0 Å². The molecule has 3 aromatic rings. The van der Waals surface area contributed by atoms with Crippen molar-refractivity contribution in [1.82, 2.24) is 0 Å². The van der Waals surface area contributed by atoms with Gasteiger partial charge in [0.1, 0.15) is 11.3 Å². The van der Waals surface area contributed by atoms with Crippen LogP contribution in [0.15, 0.2) is 45.6 Å². The molecule has 1 heterocycles. The van der Waals surface area contributed by atoms with Gasteiger partial charge in [0, 0.05) is 6.54 Å². The second-order valence-electron chi connectivity index (χ2n) is 7.11. The highest BCUT2D eigenvalue weighted by molar-refractivity contribution is 6.09. The molecular weight excluding hydrogens is 425 g/mol. The van der Waals surface area contributed by atoms with Gasteiger partial charge in [-0.15, -0.1) is 0 Å². The quantitative estimate of drug-likeness (QED) is 0.503. The highest BCUT2D eigenvalue weighted by Gasteiger charge is 2.35. The molecule has 0 fully saturated rings. The molecule has 0 unspecified atom stereocenters. The van der Waals surface area contributed by atoms with E-state index in [0.29, 0.717) is 17.4 Å². The second kappa shape index (κ2) is 9.44. The van der Waals surface area contributed by atoms with Crippen molar-refractivity contribution < 1.29 is 27.1 Å². The van der Waals surface area contributed by atoms with E-state index in [0.717, 1.165) is 24.1 Å². The Balaban J connectivity index is 2.14. The van der Waals surface area contributed by atoms with E-state index in [2.05, 4.69) is 5.32 Å². The lowest BCUT2D eigenvalue weighted by Crippen LogP contribution is -2.24. The SMILES string of the molecule is CCCc1cccc2c(OCC)c(C(=O)Nc3ccc(CN)cc3C(F)(F)F)c(=O)oc12. The molecule has 0 aliphatic carbocycles. The van der Waals surface area contributed by atoms with E-state index in [1.54, 1.807) is 25.1 Å². The number of fused-ring (bicyclic) bond motifs is 1. The second-order valence-corrected chi connectivity index (χ2v) is 7.11. The van der Waals surface area contributed by atoms with Crippen LogP contribution in [-0.4, -0.2) is 12.5 Å². The third kappa shape index (κ3) is 4.62. The summed E-state index contributed by atoms with van der Waals surface area (Å²) < 4.78 is 51.6. The third-order valence-electron chi connectivity index (χ3n) is 4.88. The molecule has 2 aromatic carbocycles. The summed E-state index contributed by atoms with van der Waals surface area (Å²) in [6, 6.07) is 8.51. The normalized spacial score (nSPS) is 11.6. The molecule has 0 saturated heterocycles.